The largest absolute Gasteiger partial charge is 0.329 e. The van der Waals surface area contributed by atoms with Gasteiger partial charge in [0.05, 0.1) is 23.9 Å². The first-order valence-electron chi connectivity index (χ1n) is 9.19. The molecule has 0 aromatic heterocycles. The Hall–Kier alpha value is -3.48. The molecule has 2 aromatic carbocycles. The van der Waals surface area contributed by atoms with Gasteiger partial charge in [0.2, 0.25) is 0 Å². The molecule has 3 amide bonds. The molecule has 0 saturated heterocycles. The number of carbonyl (C=O) groups is 2. The van der Waals surface area contributed by atoms with Crippen molar-refractivity contribution >= 4 is 11.9 Å². The lowest BCUT2D eigenvalue weighted by Crippen LogP contribution is -2.47. The van der Waals surface area contributed by atoms with Gasteiger partial charge in [0.25, 0.3) is 5.91 Å². The second-order valence-electron chi connectivity index (χ2n) is 6.95. The Morgan fingerprint density at radius 3 is 2.52 bits per heavy atom. The quantitative estimate of drug-likeness (QED) is 0.788. The molecular formula is C22H19F2N3O2. The lowest BCUT2D eigenvalue weighted by Gasteiger charge is -2.33. The summed E-state index contributed by atoms with van der Waals surface area (Å²) in [5.74, 6) is -1.14. The molecule has 2 aliphatic rings. The van der Waals surface area contributed by atoms with E-state index in [9.17, 15) is 18.4 Å². The van der Waals surface area contributed by atoms with Crippen molar-refractivity contribution in [3.8, 4) is 0 Å². The lowest BCUT2D eigenvalue weighted by atomic mass is 9.95. The molecule has 0 fully saturated rings. The minimum absolute atomic E-state index is 0.206. The molecule has 0 spiro atoms. The third-order valence-electron chi connectivity index (χ3n) is 5.11. The van der Waals surface area contributed by atoms with Crippen molar-refractivity contribution in [1.82, 2.24) is 15.1 Å². The molecule has 1 atom stereocenters. The Morgan fingerprint density at radius 1 is 1.10 bits per heavy atom. The first-order chi connectivity index (χ1) is 14.0. The third kappa shape index (κ3) is 3.40. The normalized spacial score (nSPS) is 18.8. The van der Waals surface area contributed by atoms with E-state index in [0.717, 1.165) is 5.56 Å². The zero-order valence-electron chi connectivity index (χ0n) is 15.6. The first-order valence-corrected chi connectivity index (χ1v) is 9.19. The van der Waals surface area contributed by atoms with Crippen molar-refractivity contribution in [2.75, 3.05) is 13.1 Å². The average molecular weight is 395 g/mol. The van der Waals surface area contributed by atoms with Crippen LogP contribution >= 0.6 is 0 Å². The van der Waals surface area contributed by atoms with Crippen LogP contribution < -0.4 is 5.32 Å². The van der Waals surface area contributed by atoms with E-state index in [1.165, 1.54) is 23.1 Å². The van der Waals surface area contributed by atoms with Crippen LogP contribution in [0.15, 0.2) is 72.5 Å². The maximum Gasteiger partial charge on any atom is 0.322 e. The van der Waals surface area contributed by atoms with Crippen LogP contribution in [0.5, 0.6) is 0 Å². The predicted molar refractivity (Wildman–Crippen MR) is 103 cm³/mol. The molecule has 4 rings (SSSR count). The molecule has 0 radical (unpaired) electrons. The molecule has 148 valence electrons. The number of nitrogens with one attached hydrogen (secondary N) is 1. The number of carbonyl (C=O) groups excluding carboxylic acids is 2. The third-order valence-corrected chi connectivity index (χ3v) is 5.11. The number of amides is 3. The van der Waals surface area contributed by atoms with Crippen LogP contribution in [-0.4, -0.2) is 34.8 Å². The zero-order chi connectivity index (χ0) is 20.5. The highest BCUT2D eigenvalue weighted by atomic mass is 19.1. The van der Waals surface area contributed by atoms with E-state index in [1.54, 1.807) is 41.3 Å². The maximum atomic E-state index is 14.4. The Morgan fingerprint density at radius 2 is 1.83 bits per heavy atom. The lowest BCUT2D eigenvalue weighted by molar-refractivity contribution is -0.126. The summed E-state index contributed by atoms with van der Waals surface area (Å²) in [6, 6.07) is 10.7. The van der Waals surface area contributed by atoms with Crippen molar-refractivity contribution in [3.63, 3.8) is 0 Å². The summed E-state index contributed by atoms with van der Waals surface area (Å²) in [7, 11) is 0. The van der Waals surface area contributed by atoms with Crippen LogP contribution in [0.2, 0.25) is 0 Å². The first kappa shape index (κ1) is 18.9. The van der Waals surface area contributed by atoms with Crippen LogP contribution in [-0.2, 0) is 11.3 Å². The Bertz CT molecular complexity index is 1020. The molecule has 5 nitrogen and oxygen atoms in total. The molecule has 29 heavy (non-hydrogen) atoms. The van der Waals surface area contributed by atoms with Crippen LogP contribution in [0.25, 0.3) is 0 Å². The van der Waals surface area contributed by atoms with Crippen molar-refractivity contribution in [2.45, 2.75) is 12.6 Å². The summed E-state index contributed by atoms with van der Waals surface area (Å²) in [5.41, 5.74) is 1.88. The average Bonchev–Trinajstić information content (AvgIpc) is 3.02. The highest BCUT2D eigenvalue weighted by Gasteiger charge is 2.44. The Balaban J connectivity index is 1.71. The van der Waals surface area contributed by atoms with E-state index in [1.807, 2.05) is 0 Å². The minimum Gasteiger partial charge on any atom is -0.329 e. The van der Waals surface area contributed by atoms with Gasteiger partial charge < -0.3 is 10.2 Å². The van der Waals surface area contributed by atoms with Gasteiger partial charge in [0.1, 0.15) is 11.6 Å². The second-order valence-corrected chi connectivity index (χ2v) is 6.95. The fraction of sp³-hybridized carbons (Fsp3) is 0.182. The molecule has 0 unspecified atom stereocenters. The summed E-state index contributed by atoms with van der Waals surface area (Å²) >= 11 is 0. The summed E-state index contributed by atoms with van der Waals surface area (Å²) in [6.07, 6.45) is 1.57. The topological polar surface area (TPSA) is 52.7 Å². The van der Waals surface area contributed by atoms with Gasteiger partial charge in [0.15, 0.2) is 0 Å². The van der Waals surface area contributed by atoms with Crippen molar-refractivity contribution in [3.05, 3.63) is 95.2 Å². The van der Waals surface area contributed by atoms with Crippen LogP contribution in [0.3, 0.4) is 0 Å². The Kier molecular flexibility index (Phi) is 4.88. The molecular weight excluding hydrogens is 376 g/mol. The van der Waals surface area contributed by atoms with Crippen LogP contribution in [0.4, 0.5) is 13.6 Å². The van der Waals surface area contributed by atoms with E-state index in [-0.39, 0.29) is 36.9 Å². The van der Waals surface area contributed by atoms with Gasteiger partial charge in [-0.05, 0) is 23.8 Å². The fourth-order valence-corrected chi connectivity index (χ4v) is 3.75. The van der Waals surface area contributed by atoms with E-state index < -0.39 is 17.9 Å². The molecule has 1 N–H and O–H groups in total. The van der Waals surface area contributed by atoms with Crippen molar-refractivity contribution in [1.29, 1.82) is 0 Å². The molecule has 0 aliphatic carbocycles. The SMILES string of the molecule is C=CCN1C(=O)N[C@H](c2ccccc2F)C2=C1CN(Cc1ccc(F)cc1)C2=O. The molecule has 0 bridgehead atoms. The van der Waals surface area contributed by atoms with Crippen molar-refractivity contribution in [2.24, 2.45) is 0 Å². The number of benzene rings is 2. The fourth-order valence-electron chi connectivity index (χ4n) is 3.75. The highest BCUT2D eigenvalue weighted by Crippen LogP contribution is 2.37. The summed E-state index contributed by atoms with van der Waals surface area (Å²) in [5, 5.41) is 2.75. The molecule has 2 heterocycles. The molecule has 2 aromatic rings. The van der Waals surface area contributed by atoms with Gasteiger partial charge in [0, 0.05) is 18.7 Å². The maximum absolute atomic E-state index is 14.4. The van der Waals surface area contributed by atoms with E-state index >= 15 is 0 Å². The summed E-state index contributed by atoms with van der Waals surface area (Å²) < 4.78 is 27.6. The van der Waals surface area contributed by atoms with Gasteiger partial charge in [-0.1, -0.05) is 36.4 Å². The molecule has 7 heteroatoms. The monoisotopic (exact) mass is 395 g/mol. The predicted octanol–water partition coefficient (Wildman–Crippen LogP) is 3.51. The van der Waals surface area contributed by atoms with Crippen molar-refractivity contribution < 1.29 is 18.4 Å². The van der Waals surface area contributed by atoms with Crippen LogP contribution in [0.1, 0.15) is 17.2 Å². The Labute approximate surface area is 166 Å². The highest BCUT2D eigenvalue weighted by molar-refractivity contribution is 6.01. The number of hydrogen-bond acceptors (Lipinski definition) is 2. The van der Waals surface area contributed by atoms with E-state index in [4.69, 9.17) is 0 Å². The number of rotatable bonds is 5. The smallest absolute Gasteiger partial charge is 0.322 e. The van der Waals surface area contributed by atoms with E-state index in [0.29, 0.717) is 11.3 Å². The molecule has 2 aliphatic heterocycles. The van der Waals surface area contributed by atoms with Crippen LogP contribution in [0, 0.1) is 11.6 Å². The number of nitrogens with zero attached hydrogens (tertiary/aromatic N) is 2. The number of urea groups is 1. The zero-order valence-corrected chi connectivity index (χ0v) is 15.6. The van der Waals surface area contributed by atoms with Gasteiger partial charge in [-0.25, -0.2) is 13.6 Å². The van der Waals surface area contributed by atoms with E-state index in [2.05, 4.69) is 11.9 Å². The minimum atomic E-state index is -0.870. The second kappa shape index (κ2) is 7.50. The van der Waals surface area contributed by atoms with Gasteiger partial charge in [-0.2, -0.15) is 0 Å². The number of halogens is 2. The standard InChI is InChI=1S/C22H19F2N3O2/c1-2-11-27-18-13-26(12-14-7-9-15(23)10-8-14)21(28)19(18)20(25-22(27)29)16-5-3-4-6-17(16)24/h2-10,20H,1,11-13H2,(H,25,29)/t20-/m1/s1. The number of hydrogen-bond donors (Lipinski definition) is 1. The summed E-state index contributed by atoms with van der Waals surface area (Å²) in [4.78, 5) is 28.9. The summed E-state index contributed by atoms with van der Waals surface area (Å²) in [6.45, 7) is 4.36. The van der Waals surface area contributed by atoms with Gasteiger partial charge in [-0.15, -0.1) is 6.58 Å². The van der Waals surface area contributed by atoms with Gasteiger partial charge in [-0.3, -0.25) is 9.69 Å². The molecule has 0 saturated carbocycles. The van der Waals surface area contributed by atoms with Gasteiger partial charge >= 0.3 is 6.03 Å².